The molecule has 0 radical (unpaired) electrons. The number of aromatic nitrogens is 1. The van der Waals surface area contributed by atoms with Crippen molar-refractivity contribution in [2.75, 3.05) is 0 Å². The van der Waals surface area contributed by atoms with Crippen molar-refractivity contribution in [3.05, 3.63) is 23.5 Å². The maximum absolute atomic E-state index is 12.0. The normalized spacial score (nSPS) is 12.2. The molecule has 18 heavy (non-hydrogen) atoms. The number of aryl methyl sites for hydroxylation is 1. The first-order valence-electron chi connectivity index (χ1n) is 6.13. The summed E-state index contributed by atoms with van der Waals surface area (Å²) in [5.74, 6) is -1.32. The van der Waals surface area contributed by atoms with Crippen LogP contribution < -0.4 is 5.32 Å². The fourth-order valence-electron chi connectivity index (χ4n) is 1.74. The van der Waals surface area contributed by atoms with Gasteiger partial charge < -0.3 is 15.0 Å². The van der Waals surface area contributed by atoms with E-state index in [-0.39, 0.29) is 5.91 Å². The molecular formula is C13H20N2O3. The molecule has 0 saturated heterocycles. The smallest absolute Gasteiger partial charge is 0.326 e. The monoisotopic (exact) mass is 252 g/mol. The fraction of sp³-hybridized carbons (Fsp3) is 0.538. The Kier molecular flexibility index (Phi) is 4.95. The Labute approximate surface area is 107 Å². The molecular weight excluding hydrogens is 232 g/mol. The van der Waals surface area contributed by atoms with Crippen LogP contribution in [0.25, 0.3) is 0 Å². The van der Waals surface area contributed by atoms with Gasteiger partial charge in [-0.25, -0.2) is 4.79 Å². The molecule has 0 aromatic carbocycles. The van der Waals surface area contributed by atoms with Gasteiger partial charge in [-0.05, 0) is 25.5 Å². The minimum Gasteiger partial charge on any atom is -0.480 e. The number of hydrogen-bond acceptors (Lipinski definition) is 2. The number of carbonyl (C=O) groups excluding carboxylic acids is 1. The number of nitrogens with zero attached hydrogens (tertiary/aromatic N) is 1. The Bertz CT molecular complexity index is 437. The molecule has 1 amide bonds. The largest absolute Gasteiger partial charge is 0.480 e. The zero-order valence-corrected chi connectivity index (χ0v) is 11.1. The summed E-state index contributed by atoms with van der Waals surface area (Å²) in [6.07, 6.45) is 2.15. The number of amides is 1. The van der Waals surface area contributed by atoms with Gasteiger partial charge in [-0.1, -0.05) is 19.8 Å². The summed E-state index contributed by atoms with van der Waals surface area (Å²) in [4.78, 5) is 23.0. The van der Waals surface area contributed by atoms with E-state index in [4.69, 9.17) is 5.11 Å². The lowest BCUT2D eigenvalue weighted by Crippen LogP contribution is -2.41. The summed E-state index contributed by atoms with van der Waals surface area (Å²) >= 11 is 0. The number of carboxylic acid groups (broad SMARTS) is 1. The van der Waals surface area contributed by atoms with Gasteiger partial charge in [-0.2, -0.15) is 0 Å². The van der Waals surface area contributed by atoms with Gasteiger partial charge >= 0.3 is 5.97 Å². The molecule has 0 fully saturated rings. The lowest BCUT2D eigenvalue weighted by atomic mass is 10.1. The van der Waals surface area contributed by atoms with Crippen LogP contribution in [0.3, 0.4) is 0 Å². The zero-order chi connectivity index (χ0) is 13.7. The summed E-state index contributed by atoms with van der Waals surface area (Å²) in [5.41, 5.74) is 1.44. The van der Waals surface area contributed by atoms with Crippen LogP contribution in [-0.2, 0) is 11.8 Å². The molecule has 5 heteroatoms. The van der Waals surface area contributed by atoms with Gasteiger partial charge in [0.15, 0.2) is 0 Å². The third kappa shape index (κ3) is 3.35. The van der Waals surface area contributed by atoms with Crippen LogP contribution in [0.15, 0.2) is 12.1 Å². The maximum Gasteiger partial charge on any atom is 0.326 e. The van der Waals surface area contributed by atoms with Crippen LogP contribution in [-0.4, -0.2) is 27.6 Å². The first-order valence-corrected chi connectivity index (χ1v) is 6.13. The second-order valence-corrected chi connectivity index (χ2v) is 4.43. The highest BCUT2D eigenvalue weighted by Gasteiger charge is 2.21. The average Bonchev–Trinajstić information content (AvgIpc) is 2.65. The second-order valence-electron chi connectivity index (χ2n) is 4.43. The second kappa shape index (κ2) is 6.23. The molecule has 1 aromatic heterocycles. The summed E-state index contributed by atoms with van der Waals surface area (Å²) in [6, 6.07) is 2.72. The first kappa shape index (κ1) is 14.3. The van der Waals surface area contributed by atoms with E-state index in [0.717, 1.165) is 18.5 Å². The number of carbonyl (C=O) groups is 2. The molecule has 2 N–H and O–H groups in total. The van der Waals surface area contributed by atoms with Crippen molar-refractivity contribution >= 4 is 11.9 Å². The maximum atomic E-state index is 12.0. The van der Waals surface area contributed by atoms with E-state index < -0.39 is 12.0 Å². The fourth-order valence-corrected chi connectivity index (χ4v) is 1.74. The lowest BCUT2D eigenvalue weighted by molar-refractivity contribution is -0.139. The molecule has 100 valence electrons. The topological polar surface area (TPSA) is 71.3 Å². The van der Waals surface area contributed by atoms with Gasteiger partial charge in [0.1, 0.15) is 11.7 Å². The van der Waals surface area contributed by atoms with E-state index in [2.05, 4.69) is 5.32 Å². The van der Waals surface area contributed by atoms with Crippen molar-refractivity contribution in [3.63, 3.8) is 0 Å². The van der Waals surface area contributed by atoms with Gasteiger partial charge in [0.05, 0.1) is 0 Å². The van der Waals surface area contributed by atoms with E-state index in [9.17, 15) is 9.59 Å². The van der Waals surface area contributed by atoms with Gasteiger partial charge in [-0.3, -0.25) is 4.79 Å². The molecule has 0 aliphatic carbocycles. The number of hydrogen-bond donors (Lipinski definition) is 2. The van der Waals surface area contributed by atoms with Crippen LogP contribution in [0.1, 0.15) is 42.4 Å². The highest BCUT2D eigenvalue weighted by atomic mass is 16.4. The van der Waals surface area contributed by atoms with Crippen molar-refractivity contribution in [2.24, 2.45) is 7.05 Å². The number of unbranched alkanes of at least 4 members (excludes halogenated alkanes) is 1. The predicted octanol–water partition coefficient (Wildman–Crippen LogP) is 1.71. The van der Waals surface area contributed by atoms with Crippen molar-refractivity contribution in [2.45, 2.75) is 39.2 Å². The van der Waals surface area contributed by atoms with Gasteiger partial charge in [0.25, 0.3) is 5.91 Å². The molecule has 1 atom stereocenters. The number of carboxylic acids is 1. The van der Waals surface area contributed by atoms with Crippen LogP contribution in [0.2, 0.25) is 0 Å². The predicted molar refractivity (Wildman–Crippen MR) is 68.6 cm³/mol. The van der Waals surface area contributed by atoms with Gasteiger partial charge in [-0.15, -0.1) is 0 Å². The van der Waals surface area contributed by atoms with Crippen molar-refractivity contribution in [1.29, 1.82) is 0 Å². The Morgan fingerprint density at radius 1 is 1.44 bits per heavy atom. The van der Waals surface area contributed by atoms with E-state index in [1.54, 1.807) is 17.7 Å². The number of nitrogens with one attached hydrogen (secondary N) is 1. The minimum atomic E-state index is -0.984. The molecule has 1 rings (SSSR count). The molecule has 5 nitrogen and oxygen atoms in total. The Morgan fingerprint density at radius 2 is 2.11 bits per heavy atom. The highest BCUT2D eigenvalue weighted by Crippen LogP contribution is 2.07. The Morgan fingerprint density at radius 3 is 2.56 bits per heavy atom. The van der Waals surface area contributed by atoms with Crippen LogP contribution in [0, 0.1) is 6.92 Å². The number of rotatable bonds is 6. The SMILES string of the molecule is CCCCC(NC(=O)c1ccc(C)n1C)C(=O)O. The molecule has 0 aliphatic rings. The van der Waals surface area contributed by atoms with Crippen molar-refractivity contribution < 1.29 is 14.7 Å². The first-order chi connectivity index (χ1) is 8.47. The molecule has 0 aliphatic heterocycles. The quantitative estimate of drug-likeness (QED) is 0.809. The standard InChI is InChI=1S/C13H20N2O3/c1-4-5-6-10(13(17)18)14-12(16)11-8-7-9(2)15(11)3/h7-8,10H,4-6H2,1-3H3,(H,14,16)(H,17,18). The van der Waals surface area contributed by atoms with E-state index in [1.807, 2.05) is 19.9 Å². The molecule has 0 saturated carbocycles. The Hall–Kier alpha value is -1.78. The third-order valence-electron chi connectivity index (χ3n) is 3.06. The molecule has 1 unspecified atom stereocenters. The van der Waals surface area contributed by atoms with Gasteiger partial charge in [0, 0.05) is 12.7 Å². The molecule has 1 aromatic rings. The van der Waals surface area contributed by atoms with Crippen LogP contribution >= 0.6 is 0 Å². The van der Waals surface area contributed by atoms with Crippen molar-refractivity contribution in [3.8, 4) is 0 Å². The Balaban J connectivity index is 2.72. The average molecular weight is 252 g/mol. The van der Waals surface area contributed by atoms with Gasteiger partial charge in [0.2, 0.25) is 0 Å². The summed E-state index contributed by atoms with van der Waals surface area (Å²) in [6.45, 7) is 3.88. The van der Waals surface area contributed by atoms with E-state index in [1.165, 1.54) is 0 Å². The minimum absolute atomic E-state index is 0.339. The van der Waals surface area contributed by atoms with Crippen LogP contribution in [0.5, 0.6) is 0 Å². The van der Waals surface area contributed by atoms with E-state index in [0.29, 0.717) is 12.1 Å². The lowest BCUT2D eigenvalue weighted by Gasteiger charge is -2.14. The third-order valence-corrected chi connectivity index (χ3v) is 3.06. The molecule has 0 bridgehead atoms. The van der Waals surface area contributed by atoms with Crippen LogP contribution in [0.4, 0.5) is 0 Å². The highest BCUT2D eigenvalue weighted by molar-refractivity contribution is 5.95. The summed E-state index contributed by atoms with van der Waals surface area (Å²) in [7, 11) is 1.78. The number of aliphatic carboxylic acids is 1. The zero-order valence-electron chi connectivity index (χ0n) is 11.1. The molecule has 1 heterocycles. The summed E-state index contributed by atoms with van der Waals surface area (Å²) < 4.78 is 1.74. The van der Waals surface area contributed by atoms with E-state index >= 15 is 0 Å². The molecule has 0 spiro atoms. The van der Waals surface area contributed by atoms with Crippen molar-refractivity contribution in [1.82, 2.24) is 9.88 Å². The summed E-state index contributed by atoms with van der Waals surface area (Å²) in [5, 5.41) is 11.6.